The summed E-state index contributed by atoms with van der Waals surface area (Å²) in [6.45, 7) is 9.69. The van der Waals surface area contributed by atoms with Crippen molar-refractivity contribution in [3.8, 4) is 0 Å². The molecule has 1 amide bonds. The van der Waals surface area contributed by atoms with Crippen LogP contribution in [0.3, 0.4) is 0 Å². The van der Waals surface area contributed by atoms with Gasteiger partial charge in [-0.15, -0.1) is 0 Å². The highest BCUT2D eigenvalue weighted by Gasteiger charge is 2.44. The first kappa shape index (κ1) is 19.4. The van der Waals surface area contributed by atoms with Crippen LogP contribution in [0.2, 0.25) is 0 Å². The first-order valence-corrected chi connectivity index (χ1v) is 8.95. The van der Waals surface area contributed by atoms with E-state index in [9.17, 15) is 4.79 Å². The molecule has 138 valence electrons. The standard InChI is InChI=1S/C20H31N3O2/c1-14-7-6-8-16(12-22-13-19(2,3)4)20(14,25-5)15-9-10-23-17(11-15)18(21)24/h9-12,14,22H,6-8,13H2,1-5H3,(H2,21,24)/b16-12+. The first-order chi connectivity index (χ1) is 11.7. The van der Waals surface area contributed by atoms with E-state index in [4.69, 9.17) is 10.5 Å². The molecule has 1 heterocycles. The minimum atomic E-state index is -0.559. The van der Waals surface area contributed by atoms with Crippen molar-refractivity contribution in [2.75, 3.05) is 13.7 Å². The Hall–Kier alpha value is -1.88. The molecule has 0 aliphatic heterocycles. The first-order valence-electron chi connectivity index (χ1n) is 8.95. The fourth-order valence-electron chi connectivity index (χ4n) is 3.68. The fraction of sp³-hybridized carbons (Fsp3) is 0.600. The Morgan fingerprint density at radius 3 is 2.84 bits per heavy atom. The lowest BCUT2D eigenvalue weighted by Crippen LogP contribution is -2.42. The average molecular weight is 345 g/mol. The third kappa shape index (κ3) is 4.21. The number of ether oxygens (including phenoxy) is 1. The number of amides is 1. The van der Waals surface area contributed by atoms with Crippen LogP contribution in [-0.2, 0) is 10.3 Å². The lowest BCUT2D eigenvalue weighted by atomic mass is 9.69. The van der Waals surface area contributed by atoms with Gasteiger partial charge in [-0.3, -0.25) is 9.78 Å². The monoisotopic (exact) mass is 345 g/mol. The molecule has 1 aromatic heterocycles. The van der Waals surface area contributed by atoms with Crippen LogP contribution in [-0.4, -0.2) is 24.5 Å². The van der Waals surface area contributed by atoms with Crippen LogP contribution in [0.25, 0.3) is 0 Å². The molecule has 2 rings (SSSR count). The number of nitrogens with zero attached hydrogens (tertiary/aromatic N) is 1. The van der Waals surface area contributed by atoms with Crippen molar-refractivity contribution >= 4 is 5.91 Å². The molecule has 1 aliphatic rings. The normalized spacial score (nSPS) is 25.8. The summed E-state index contributed by atoms with van der Waals surface area (Å²) < 4.78 is 6.12. The molecule has 1 saturated carbocycles. The van der Waals surface area contributed by atoms with Crippen LogP contribution in [0.1, 0.15) is 63.0 Å². The molecule has 5 heteroatoms. The predicted molar refractivity (Wildman–Crippen MR) is 100.0 cm³/mol. The topological polar surface area (TPSA) is 77.2 Å². The van der Waals surface area contributed by atoms with Crippen LogP contribution in [0.5, 0.6) is 0 Å². The van der Waals surface area contributed by atoms with Crippen molar-refractivity contribution in [2.24, 2.45) is 17.1 Å². The molecule has 2 atom stereocenters. The summed E-state index contributed by atoms with van der Waals surface area (Å²) in [6.07, 6.45) is 6.90. The van der Waals surface area contributed by atoms with Crippen molar-refractivity contribution in [3.63, 3.8) is 0 Å². The lowest BCUT2D eigenvalue weighted by Gasteiger charge is -2.44. The van der Waals surface area contributed by atoms with Gasteiger partial charge in [-0.25, -0.2) is 0 Å². The number of pyridine rings is 1. The predicted octanol–water partition coefficient (Wildman–Crippen LogP) is 3.36. The maximum atomic E-state index is 11.6. The second-order valence-electron chi connectivity index (χ2n) is 8.14. The molecule has 25 heavy (non-hydrogen) atoms. The summed E-state index contributed by atoms with van der Waals surface area (Å²) in [7, 11) is 1.74. The van der Waals surface area contributed by atoms with Crippen LogP contribution in [0, 0.1) is 11.3 Å². The highest BCUT2D eigenvalue weighted by molar-refractivity contribution is 5.90. The molecular formula is C20H31N3O2. The molecule has 3 N–H and O–H groups in total. The van der Waals surface area contributed by atoms with Gasteiger partial charge in [0, 0.05) is 19.9 Å². The average Bonchev–Trinajstić information content (AvgIpc) is 2.54. The van der Waals surface area contributed by atoms with Gasteiger partial charge < -0.3 is 15.8 Å². The van der Waals surface area contributed by atoms with Gasteiger partial charge in [0.15, 0.2) is 0 Å². The van der Waals surface area contributed by atoms with E-state index in [1.54, 1.807) is 19.4 Å². The number of nitrogens with one attached hydrogen (secondary N) is 1. The van der Waals surface area contributed by atoms with E-state index in [0.717, 1.165) is 31.4 Å². The summed E-state index contributed by atoms with van der Waals surface area (Å²) >= 11 is 0. The van der Waals surface area contributed by atoms with Crippen LogP contribution >= 0.6 is 0 Å². The van der Waals surface area contributed by atoms with Gasteiger partial charge in [-0.1, -0.05) is 27.7 Å². The van der Waals surface area contributed by atoms with Gasteiger partial charge >= 0.3 is 0 Å². The zero-order chi connectivity index (χ0) is 18.7. The van der Waals surface area contributed by atoms with Gasteiger partial charge in [0.05, 0.1) is 0 Å². The third-order valence-corrected chi connectivity index (χ3v) is 4.93. The Bertz CT molecular complexity index is 649. The molecule has 5 nitrogen and oxygen atoms in total. The van der Waals surface area contributed by atoms with E-state index in [1.165, 1.54) is 5.57 Å². The van der Waals surface area contributed by atoms with E-state index in [-0.39, 0.29) is 17.0 Å². The highest BCUT2D eigenvalue weighted by Crippen LogP contribution is 2.47. The van der Waals surface area contributed by atoms with Crippen molar-refractivity contribution in [1.29, 1.82) is 0 Å². The quantitative estimate of drug-likeness (QED) is 0.858. The molecule has 1 fully saturated rings. The maximum Gasteiger partial charge on any atom is 0.267 e. The number of aromatic nitrogens is 1. The summed E-state index contributed by atoms with van der Waals surface area (Å²) in [5.74, 6) is -0.231. The highest BCUT2D eigenvalue weighted by atomic mass is 16.5. The molecule has 1 aliphatic carbocycles. The second kappa shape index (κ2) is 7.56. The Balaban J connectivity index is 2.45. The van der Waals surface area contributed by atoms with E-state index in [0.29, 0.717) is 0 Å². The zero-order valence-electron chi connectivity index (χ0n) is 16.1. The number of carbonyl (C=O) groups excluding carboxylic acids is 1. The van der Waals surface area contributed by atoms with Gasteiger partial charge in [0.2, 0.25) is 0 Å². The molecule has 1 aromatic rings. The summed E-state index contributed by atoms with van der Waals surface area (Å²) in [5.41, 5.74) is 7.48. The van der Waals surface area contributed by atoms with E-state index >= 15 is 0 Å². The Labute approximate surface area is 151 Å². The van der Waals surface area contributed by atoms with Crippen molar-refractivity contribution in [3.05, 3.63) is 41.4 Å². The van der Waals surface area contributed by atoms with E-state index in [1.807, 2.05) is 6.07 Å². The molecule has 0 spiro atoms. The smallest absolute Gasteiger partial charge is 0.267 e. The minimum Gasteiger partial charge on any atom is -0.390 e. The van der Waals surface area contributed by atoms with Crippen molar-refractivity contribution < 1.29 is 9.53 Å². The van der Waals surface area contributed by atoms with Crippen LogP contribution < -0.4 is 11.1 Å². The molecule has 0 saturated heterocycles. The molecule has 0 bridgehead atoms. The van der Waals surface area contributed by atoms with Gasteiger partial charge in [-0.05, 0) is 60.1 Å². The fourth-order valence-corrected chi connectivity index (χ4v) is 3.68. The van der Waals surface area contributed by atoms with Crippen LogP contribution in [0.15, 0.2) is 30.1 Å². The van der Waals surface area contributed by atoms with Crippen LogP contribution in [0.4, 0.5) is 0 Å². The summed E-state index contributed by atoms with van der Waals surface area (Å²) in [5, 5.41) is 3.46. The molecular weight excluding hydrogens is 314 g/mol. The Morgan fingerprint density at radius 1 is 1.52 bits per heavy atom. The second-order valence-corrected chi connectivity index (χ2v) is 8.14. The number of methoxy groups -OCH3 is 1. The Kier molecular flexibility index (Phi) is 5.88. The molecule has 0 aromatic carbocycles. The van der Waals surface area contributed by atoms with E-state index < -0.39 is 11.5 Å². The zero-order valence-corrected chi connectivity index (χ0v) is 16.1. The number of primary amides is 1. The summed E-state index contributed by atoms with van der Waals surface area (Å²) in [4.78, 5) is 15.6. The molecule has 0 radical (unpaired) electrons. The minimum absolute atomic E-state index is 0.197. The van der Waals surface area contributed by atoms with Crippen molar-refractivity contribution in [2.45, 2.75) is 52.6 Å². The number of rotatable bonds is 5. The molecule has 2 unspecified atom stereocenters. The third-order valence-electron chi connectivity index (χ3n) is 4.93. The Morgan fingerprint density at radius 2 is 2.24 bits per heavy atom. The number of hydrogen-bond acceptors (Lipinski definition) is 4. The number of nitrogens with two attached hydrogens (primary N) is 1. The van der Waals surface area contributed by atoms with Gasteiger partial charge in [0.25, 0.3) is 5.91 Å². The number of hydrogen-bond donors (Lipinski definition) is 2. The van der Waals surface area contributed by atoms with E-state index in [2.05, 4.69) is 44.2 Å². The largest absolute Gasteiger partial charge is 0.390 e. The lowest BCUT2D eigenvalue weighted by molar-refractivity contribution is -0.0435. The maximum absolute atomic E-state index is 11.6. The SMILES string of the molecule is COC1(c2ccnc(C(N)=O)c2)/C(=C/NCC(C)(C)C)CCCC1C. The summed E-state index contributed by atoms with van der Waals surface area (Å²) in [6, 6.07) is 3.70. The van der Waals surface area contributed by atoms with Gasteiger partial charge in [0.1, 0.15) is 11.3 Å². The van der Waals surface area contributed by atoms with Crippen molar-refractivity contribution in [1.82, 2.24) is 10.3 Å². The van der Waals surface area contributed by atoms with Gasteiger partial charge in [-0.2, -0.15) is 0 Å². The number of carbonyl (C=O) groups is 1.